The van der Waals surface area contributed by atoms with Crippen LogP contribution in [0.2, 0.25) is 0 Å². The first-order valence-corrected chi connectivity index (χ1v) is 6.94. The molecule has 0 radical (unpaired) electrons. The Kier molecular flexibility index (Phi) is 4.58. The van der Waals surface area contributed by atoms with Gasteiger partial charge in [0, 0.05) is 6.54 Å². The van der Waals surface area contributed by atoms with Gasteiger partial charge in [0.25, 0.3) is 0 Å². The molecule has 0 bridgehead atoms. The van der Waals surface area contributed by atoms with Crippen LogP contribution in [0.1, 0.15) is 39.0 Å². The lowest BCUT2D eigenvalue weighted by Gasteiger charge is -2.29. The van der Waals surface area contributed by atoms with Crippen molar-refractivity contribution in [1.29, 1.82) is 0 Å². The Morgan fingerprint density at radius 3 is 3.00 bits per heavy atom. The summed E-state index contributed by atoms with van der Waals surface area (Å²) in [5.74, 6) is -0.101. The van der Waals surface area contributed by atoms with Crippen LogP contribution in [-0.4, -0.2) is 48.6 Å². The maximum atomic E-state index is 12.0. The lowest BCUT2D eigenvalue weighted by Crippen LogP contribution is -2.50. The molecule has 1 amide bonds. The number of nitrogens with zero attached hydrogens (tertiary/aromatic N) is 1. The van der Waals surface area contributed by atoms with E-state index in [0.29, 0.717) is 6.61 Å². The highest BCUT2D eigenvalue weighted by Gasteiger charge is 2.39. The van der Waals surface area contributed by atoms with E-state index in [1.54, 1.807) is 0 Å². The van der Waals surface area contributed by atoms with E-state index in [9.17, 15) is 9.59 Å². The molecule has 2 heterocycles. The van der Waals surface area contributed by atoms with Gasteiger partial charge in [0.05, 0.1) is 12.6 Å². The molecule has 5 heteroatoms. The van der Waals surface area contributed by atoms with E-state index in [-0.39, 0.29) is 24.0 Å². The van der Waals surface area contributed by atoms with Crippen molar-refractivity contribution in [1.82, 2.24) is 10.2 Å². The van der Waals surface area contributed by atoms with Crippen LogP contribution in [0.25, 0.3) is 0 Å². The lowest BCUT2D eigenvalue weighted by molar-refractivity contribution is -0.150. The van der Waals surface area contributed by atoms with Gasteiger partial charge in [0.2, 0.25) is 5.91 Å². The third-order valence-electron chi connectivity index (χ3n) is 3.76. The number of nitrogens with one attached hydrogen (secondary N) is 1. The Bertz CT molecular complexity index is 319. The van der Waals surface area contributed by atoms with Gasteiger partial charge in [-0.25, -0.2) is 0 Å². The maximum absolute atomic E-state index is 12.0. The van der Waals surface area contributed by atoms with E-state index < -0.39 is 0 Å². The molecule has 18 heavy (non-hydrogen) atoms. The number of ether oxygens (including phenoxy) is 1. The van der Waals surface area contributed by atoms with Crippen molar-refractivity contribution >= 4 is 11.9 Å². The second-order valence-electron chi connectivity index (χ2n) is 4.95. The molecule has 0 aliphatic carbocycles. The molecular weight excluding hydrogens is 232 g/mol. The molecule has 0 aromatic rings. The average Bonchev–Trinajstić information content (AvgIpc) is 2.73. The van der Waals surface area contributed by atoms with Gasteiger partial charge in [-0.1, -0.05) is 0 Å². The summed E-state index contributed by atoms with van der Waals surface area (Å²) in [6, 6.07) is -0.372. The van der Waals surface area contributed by atoms with E-state index in [4.69, 9.17) is 4.74 Å². The zero-order valence-electron chi connectivity index (χ0n) is 11.0. The molecule has 2 unspecified atom stereocenters. The van der Waals surface area contributed by atoms with Gasteiger partial charge in [-0.2, -0.15) is 0 Å². The Balaban J connectivity index is 2.05. The summed E-state index contributed by atoms with van der Waals surface area (Å²) < 4.78 is 5.10. The van der Waals surface area contributed by atoms with Crippen LogP contribution in [0.5, 0.6) is 0 Å². The van der Waals surface area contributed by atoms with E-state index >= 15 is 0 Å². The molecule has 2 rings (SSSR count). The molecule has 0 saturated carbocycles. The smallest absolute Gasteiger partial charge is 0.323 e. The molecule has 2 aliphatic rings. The Labute approximate surface area is 108 Å². The largest absolute Gasteiger partial charge is 0.465 e. The molecule has 2 atom stereocenters. The van der Waals surface area contributed by atoms with Gasteiger partial charge in [0.15, 0.2) is 0 Å². The summed E-state index contributed by atoms with van der Waals surface area (Å²) in [5.41, 5.74) is 0. The van der Waals surface area contributed by atoms with Crippen molar-refractivity contribution < 1.29 is 14.3 Å². The van der Waals surface area contributed by atoms with Crippen LogP contribution in [0, 0.1) is 0 Å². The molecule has 5 nitrogen and oxygen atoms in total. The van der Waals surface area contributed by atoms with Crippen molar-refractivity contribution in [2.24, 2.45) is 0 Å². The standard InChI is InChI=1S/C13H22N2O3/c1-2-18-13(17)11-7-5-9-15(11)10-6-3-4-8-14-12(10)16/h10-11H,2-9H2,1H3,(H,14,16). The molecule has 2 fully saturated rings. The van der Waals surface area contributed by atoms with Gasteiger partial charge in [-0.05, 0) is 45.6 Å². The van der Waals surface area contributed by atoms with Crippen molar-refractivity contribution in [3.8, 4) is 0 Å². The second-order valence-corrected chi connectivity index (χ2v) is 4.95. The third-order valence-corrected chi connectivity index (χ3v) is 3.76. The summed E-state index contributed by atoms with van der Waals surface area (Å²) in [5, 5.41) is 2.93. The molecule has 1 N–H and O–H groups in total. The number of hydrogen-bond acceptors (Lipinski definition) is 4. The summed E-state index contributed by atoms with van der Waals surface area (Å²) in [4.78, 5) is 26.0. The Morgan fingerprint density at radius 2 is 2.22 bits per heavy atom. The minimum absolute atomic E-state index is 0.0729. The maximum Gasteiger partial charge on any atom is 0.323 e. The third kappa shape index (κ3) is 2.83. The number of carbonyl (C=O) groups excluding carboxylic acids is 2. The van der Waals surface area contributed by atoms with Gasteiger partial charge in [-0.15, -0.1) is 0 Å². The van der Waals surface area contributed by atoms with Crippen LogP contribution >= 0.6 is 0 Å². The highest BCUT2D eigenvalue weighted by Crippen LogP contribution is 2.24. The number of amides is 1. The number of hydrogen-bond donors (Lipinski definition) is 1. The monoisotopic (exact) mass is 254 g/mol. The minimum atomic E-state index is -0.223. The number of rotatable bonds is 3. The molecule has 0 spiro atoms. The highest BCUT2D eigenvalue weighted by molar-refractivity contribution is 5.83. The molecule has 0 aromatic carbocycles. The van der Waals surface area contributed by atoms with Gasteiger partial charge >= 0.3 is 5.97 Å². The van der Waals surface area contributed by atoms with Crippen LogP contribution < -0.4 is 5.32 Å². The minimum Gasteiger partial charge on any atom is -0.465 e. The second kappa shape index (κ2) is 6.18. The van der Waals surface area contributed by atoms with E-state index in [0.717, 1.165) is 45.2 Å². The fourth-order valence-electron chi connectivity index (χ4n) is 2.89. The van der Waals surface area contributed by atoms with Crippen molar-refractivity contribution in [3.63, 3.8) is 0 Å². The first kappa shape index (κ1) is 13.3. The van der Waals surface area contributed by atoms with Crippen LogP contribution in [0.3, 0.4) is 0 Å². The quantitative estimate of drug-likeness (QED) is 0.753. The van der Waals surface area contributed by atoms with Crippen molar-refractivity contribution in [3.05, 3.63) is 0 Å². The normalized spacial score (nSPS) is 29.7. The summed E-state index contributed by atoms with van der Waals surface area (Å²) in [7, 11) is 0. The van der Waals surface area contributed by atoms with Crippen LogP contribution in [0.4, 0.5) is 0 Å². The summed E-state index contributed by atoms with van der Waals surface area (Å²) in [6.45, 7) is 3.80. The van der Waals surface area contributed by atoms with E-state index in [1.807, 2.05) is 11.8 Å². The van der Waals surface area contributed by atoms with Crippen LogP contribution in [0.15, 0.2) is 0 Å². The molecule has 102 valence electrons. The van der Waals surface area contributed by atoms with E-state index in [1.165, 1.54) is 0 Å². The van der Waals surface area contributed by atoms with Crippen molar-refractivity contribution in [2.45, 2.75) is 51.1 Å². The predicted molar refractivity (Wildman–Crippen MR) is 67.0 cm³/mol. The molecule has 2 aliphatic heterocycles. The first-order chi connectivity index (χ1) is 8.74. The molecule has 0 aromatic heterocycles. The van der Waals surface area contributed by atoms with Crippen molar-refractivity contribution in [2.75, 3.05) is 19.7 Å². The highest BCUT2D eigenvalue weighted by atomic mass is 16.5. The lowest BCUT2D eigenvalue weighted by atomic mass is 10.1. The van der Waals surface area contributed by atoms with Gasteiger partial charge in [0.1, 0.15) is 6.04 Å². The van der Waals surface area contributed by atoms with Crippen LogP contribution in [-0.2, 0) is 14.3 Å². The fourth-order valence-corrected chi connectivity index (χ4v) is 2.89. The number of esters is 1. The predicted octanol–water partition coefficient (Wildman–Crippen LogP) is 0.683. The summed E-state index contributed by atoms with van der Waals surface area (Å²) >= 11 is 0. The molecular formula is C13H22N2O3. The van der Waals surface area contributed by atoms with Gasteiger partial charge in [-0.3, -0.25) is 14.5 Å². The number of carbonyl (C=O) groups is 2. The van der Waals surface area contributed by atoms with Gasteiger partial charge < -0.3 is 10.1 Å². The topological polar surface area (TPSA) is 58.6 Å². The van der Waals surface area contributed by atoms with E-state index in [2.05, 4.69) is 5.32 Å². The fraction of sp³-hybridized carbons (Fsp3) is 0.846. The number of likely N-dealkylation sites (tertiary alicyclic amines) is 1. The average molecular weight is 254 g/mol. The zero-order valence-corrected chi connectivity index (χ0v) is 11.0. The molecule has 2 saturated heterocycles. The first-order valence-electron chi connectivity index (χ1n) is 6.94. The zero-order chi connectivity index (χ0) is 13.0. The SMILES string of the molecule is CCOC(=O)C1CCCN1C1CCCCNC1=O. The Hall–Kier alpha value is -1.10. The Morgan fingerprint density at radius 1 is 1.39 bits per heavy atom. The summed E-state index contributed by atoms with van der Waals surface area (Å²) in [6.07, 6.45) is 4.69.